The first-order valence-corrected chi connectivity index (χ1v) is 9.52. The number of halogens is 1. The van der Waals surface area contributed by atoms with E-state index in [-0.39, 0.29) is 5.91 Å². The molecule has 144 valence electrons. The molecule has 28 heavy (non-hydrogen) atoms. The topological polar surface area (TPSA) is 42.8 Å². The minimum atomic E-state index is -0.0399. The van der Waals surface area contributed by atoms with Crippen LogP contribution in [0, 0.1) is 0 Å². The number of hydrogen-bond acceptors (Lipinski definition) is 2. The van der Waals surface area contributed by atoms with E-state index in [1.165, 1.54) is 0 Å². The van der Waals surface area contributed by atoms with Gasteiger partial charge in [-0.1, -0.05) is 60.1 Å². The molecule has 0 saturated carbocycles. The van der Waals surface area contributed by atoms with Crippen molar-refractivity contribution in [2.24, 2.45) is 0 Å². The Morgan fingerprint density at radius 2 is 1.75 bits per heavy atom. The number of amides is 1. The van der Waals surface area contributed by atoms with E-state index < -0.39 is 0 Å². The molecule has 1 unspecified atom stereocenters. The summed E-state index contributed by atoms with van der Waals surface area (Å²) in [4.78, 5) is 13.7. The fourth-order valence-electron chi connectivity index (χ4n) is 3.20. The number of ether oxygens (including phenoxy) is 1. The van der Waals surface area contributed by atoms with Gasteiger partial charge in [-0.2, -0.15) is 0 Å². The van der Waals surface area contributed by atoms with Crippen LogP contribution in [0.25, 0.3) is 11.1 Å². The van der Waals surface area contributed by atoms with Gasteiger partial charge in [0.2, 0.25) is 0 Å². The Morgan fingerprint density at radius 3 is 2.50 bits per heavy atom. The summed E-state index contributed by atoms with van der Waals surface area (Å²) in [6.07, 6.45) is 0. The maximum absolute atomic E-state index is 12.6. The molecule has 3 aromatic rings. The summed E-state index contributed by atoms with van der Waals surface area (Å²) >= 11 is 6.10. The molecule has 0 aromatic heterocycles. The quantitative estimate of drug-likeness (QED) is 0.641. The highest BCUT2D eigenvalue weighted by atomic mass is 35.5. The lowest BCUT2D eigenvalue weighted by atomic mass is 10.0. The lowest BCUT2D eigenvalue weighted by Crippen LogP contribution is -3.08. The maximum atomic E-state index is 12.6. The molecule has 0 saturated heterocycles. The number of carbonyl (C=O) groups excluding carboxylic acids is 1. The van der Waals surface area contributed by atoms with Gasteiger partial charge in [0, 0.05) is 21.8 Å². The van der Waals surface area contributed by atoms with Crippen molar-refractivity contribution in [2.75, 3.05) is 26.0 Å². The van der Waals surface area contributed by atoms with Crippen molar-refractivity contribution >= 4 is 23.2 Å². The molecule has 2 N–H and O–H groups in total. The largest absolute Gasteiger partial charge is 0.496 e. The number of quaternary nitrogens is 1. The highest BCUT2D eigenvalue weighted by molar-refractivity contribution is 6.30. The molecule has 1 atom stereocenters. The SMILES string of the molecule is COc1ccc(Cl)cc1C[NH+](C)CC(=O)Nc1ccccc1-c1ccccc1. The van der Waals surface area contributed by atoms with Gasteiger partial charge in [0.05, 0.1) is 14.2 Å². The lowest BCUT2D eigenvalue weighted by Gasteiger charge is -2.17. The highest BCUT2D eigenvalue weighted by Crippen LogP contribution is 2.27. The lowest BCUT2D eigenvalue weighted by molar-refractivity contribution is -0.885. The van der Waals surface area contributed by atoms with Gasteiger partial charge in [-0.3, -0.25) is 4.79 Å². The van der Waals surface area contributed by atoms with Crippen LogP contribution in [-0.2, 0) is 11.3 Å². The van der Waals surface area contributed by atoms with E-state index in [1.54, 1.807) is 13.2 Å². The van der Waals surface area contributed by atoms with Gasteiger partial charge in [0.25, 0.3) is 5.91 Å². The molecule has 0 heterocycles. The third-order valence-corrected chi connectivity index (χ3v) is 4.72. The van der Waals surface area contributed by atoms with Crippen LogP contribution in [0.2, 0.25) is 5.02 Å². The number of rotatable bonds is 7. The first-order chi connectivity index (χ1) is 13.6. The summed E-state index contributed by atoms with van der Waals surface area (Å²) in [5.41, 5.74) is 3.87. The van der Waals surface area contributed by atoms with E-state index in [1.807, 2.05) is 73.8 Å². The van der Waals surface area contributed by atoms with E-state index in [0.717, 1.165) is 33.0 Å². The van der Waals surface area contributed by atoms with Crippen LogP contribution in [0.4, 0.5) is 5.69 Å². The van der Waals surface area contributed by atoms with Gasteiger partial charge in [-0.25, -0.2) is 0 Å². The fraction of sp³-hybridized carbons (Fsp3) is 0.174. The number of likely N-dealkylation sites (N-methyl/N-ethyl adjacent to an activating group) is 1. The number of benzene rings is 3. The number of hydrogen-bond donors (Lipinski definition) is 2. The second-order valence-electron chi connectivity index (χ2n) is 6.73. The zero-order valence-electron chi connectivity index (χ0n) is 16.0. The standard InChI is InChI=1S/C23H23ClN2O2/c1-26(15-18-14-19(24)12-13-22(18)28-2)16-23(27)25-21-11-7-6-10-20(21)17-8-4-3-5-9-17/h3-14H,15-16H2,1-2H3,(H,25,27)/p+1. The van der Waals surface area contributed by atoms with Crippen molar-refractivity contribution in [3.05, 3.63) is 83.4 Å². The average Bonchev–Trinajstić information content (AvgIpc) is 2.69. The van der Waals surface area contributed by atoms with E-state index in [0.29, 0.717) is 18.1 Å². The van der Waals surface area contributed by atoms with Crippen LogP contribution < -0.4 is 15.0 Å². The Bertz CT molecular complexity index is 944. The third-order valence-electron chi connectivity index (χ3n) is 4.48. The molecule has 0 aliphatic carbocycles. The van der Waals surface area contributed by atoms with Crippen LogP contribution in [0.1, 0.15) is 5.56 Å². The van der Waals surface area contributed by atoms with Crippen LogP contribution in [0.15, 0.2) is 72.8 Å². The first-order valence-electron chi connectivity index (χ1n) is 9.15. The van der Waals surface area contributed by atoms with Gasteiger partial charge in [-0.15, -0.1) is 0 Å². The minimum absolute atomic E-state index is 0.0399. The predicted octanol–water partition coefficient (Wildman–Crippen LogP) is 3.67. The van der Waals surface area contributed by atoms with Crippen LogP contribution >= 0.6 is 11.6 Å². The summed E-state index contributed by atoms with van der Waals surface area (Å²) in [7, 11) is 3.61. The first kappa shape index (κ1) is 19.9. The van der Waals surface area contributed by atoms with Crippen LogP contribution in [0.3, 0.4) is 0 Å². The zero-order valence-corrected chi connectivity index (χ0v) is 16.8. The average molecular weight is 396 g/mol. The Hall–Kier alpha value is -2.82. The molecule has 0 aliphatic rings. The van der Waals surface area contributed by atoms with Crippen molar-refractivity contribution in [3.63, 3.8) is 0 Å². The number of carbonyl (C=O) groups is 1. The Morgan fingerprint density at radius 1 is 1.04 bits per heavy atom. The second-order valence-corrected chi connectivity index (χ2v) is 7.16. The monoisotopic (exact) mass is 395 g/mol. The highest BCUT2D eigenvalue weighted by Gasteiger charge is 2.15. The molecule has 0 fully saturated rings. The van der Waals surface area contributed by atoms with Gasteiger partial charge in [-0.05, 0) is 29.8 Å². The summed E-state index contributed by atoms with van der Waals surface area (Å²) in [6.45, 7) is 0.969. The van der Waals surface area contributed by atoms with Crippen LogP contribution in [-0.4, -0.2) is 26.6 Å². The Labute approximate surface area is 170 Å². The Kier molecular flexibility index (Phi) is 6.69. The predicted molar refractivity (Wildman–Crippen MR) is 114 cm³/mol. The fourth-order valence-corrected chi connectivity index (χ4v) is 3.40. The molecule has 0 aliphatic heterocycles. The molecule has 4 nitrogen and oxygen atoms in total. The molecule has 3 rings (SSSR count). The zero-order chi connectivity index (χ0) is 19.9. The van der Waals surface area contributed by atoms with Gasteiger partial charge >= 0.3 is 0 Å². The minimum Gasteiger partial charge on any atom is -0.496 e. The summed E-state index contributed by atoms with van der Waals surface area (Å²) in [5, 5.41) is 3.71. The normalized spacial score (nSPS) is 11.7. The van der Waals surface area contributed by atoms with Crippen molar-refractivity contribution in [3.8, 4) is 16.9 Å². The van der Waals surface area contributed by atoms with Gasteiger partial charge in [0.15, 0.2) is 6.54 Å². The second kappa shape index (κ2) is 9.40. The van der Waals surface area contributed by atoms with E-state index >= 15 is 0 Å². The molecule has 0 bridgehead atoms. The molecule has 1 amide bonds. The van der Waals surface area contributed by atoms with E-state index in [2.05, 4.69) is 5.32 Å². The van der Waals surface area contributed by atoms with E-state index in [4.69, 9.17) is 16.3 Å². The van der Waals surface area contributed by atoms with Gasteiger partial charge in [0.1, 0.15) is 12.3 Å². The van der Waals surface area contributed by atoms with Crippen molar-refractivity contribution in [2.45, 2.75) is 6.54 Å². The van der Waals surface area contributed by atoms with Gasteiger partial charge < -0.3 is 15.0 Å². The van der Waals surface area contributed by atoms with Crippen molar-refractivity contribution in [1.82, 2.24) is 0 Å². The smallest absolute Gasteiger partial charge is 0.279 e. The van der Waals surface area contributed by atoms with Crippen LogP contribution in [0.5, 0.6) is 5.75 Å². The number of nitrogens with one attached hydrogen (secondary N) is 2. The molecule has 0 radical (unpaired) electrons. The molecule has 3 aromatic carbocycles. The van der Waals surface area contributed by atoms with Crippen molar-refractivity contribution < 1.29 is 14.4 Å². The van der Waals surface area contributed by atoms with E-state index in [9.17, 15) is 4.79 Å². The van der Waals surface area contributed by atoms with Crippen molar-refractivity contribution in [1.29, 1.82) is 0 Å². The molecular formula is C23H24ClN2O2+. The summed E-state index contributed by atoms with van der Waals surface area (Å²) < 4.78 is 5.39. The molecule has 0 spiro atoms. The third kappa shape index (κ3) is 5.12. The number of anilines is 1. The maximum Gasteiger partial charge on any atom is 0.279 e. The summed E-state index contributed by atoms with van der Waals surface area (Å²) in [5.74, 6) is 0.737. The number of para-hydroxylation sites is 1. The summed E-state index contributed by atoms with van der Waals surface area (Å²) in [6, 6.07) is 23.4. The Balaban J connectivity index is 1.67. The number of methoxy groups -OCH3 is 1. The molecule has 5 heteroatoms. The molecular weight excluding hydrogens is 372 g/mol.